The van der Waals surface area contributed by atoms with Gasteiger partial charge in [-0.05, 0) is 6.07 Å². The summed E-state index contributed by atoms with van der Waals surface area (Å²) in [6, 6.07) is 15.7. The quantitative estimate of drug-likeness (QED) is 0.435. The zero-order chi connectivity index (χ0) is 23.2. The molecule has 170 valence electrons. The second-order valence-electron chi connectivity index (χ2n) is 8.42. The van der Waals surface area contributed by atoms with E-state index in [0.717, 1.165) is 0 Å². The SMILES string of the molecule is CN1C(=O)C2(/C(=C(\O)c3ccccc3)C(=O)C(=O)N2CCN2CCOCC2)c2ccccc21. The molecular weight excluding hydrogens is 422 g/mol. The number of morpholine rings is 1. The first kappa shape index (κ1) is 21.4. The Kier molecular flexibility index (Phi) is 5.26. The lowest BCUT2D eigenvalue weighted by molar-refractivity contribution is -0.144. The molecule has 3 heterocycles. The van der Waals surface area contributed by atoms with Gasteiger partial charge in [-0.3, -0.25) is 19.3 Å². The maximum Gasteiger partial charge on any atom is 0.296 e. The van der Waals surface area contributed by atoms with Crippen molar-refractivity contribution in [3.8, 4) is 0 Å². The second-order valence-corrected chi connectivity index (χ2v) is 8.42. The number of amides is 2. The summed E-state index contributed by atoms with van der Waals surface area (Å²) >= 11 is 0. The van der Waals surface area contributed by atoms with E-state index in [4.69, 9.17) is 4.74 Å². The van der Waals surface area contributed by atoms with Gasteiger partial charge in [0.15, 0.2) is 5.54 Å². The number of fused-ring (bicyclic) bond motifs is 2. The standard InChI is InChI=1S/C25H25N3O5/c1-26-19-10-6-5-9-18(19)25(24(26)32)20(21(29)17-7-3-2-4-8-17)22(30)23(31)28(25)12-11-27-13-15-33-16-14-27/h2-10,29H,11-16H2,1H3/b21-20-. The Balaban J connectivity index is 1.69. The number of rotatable bonds is 4. The summed E-state index contributed by atoms with van der Waals surface area (Å²) in [6.45, 7) is 3.29. The molecule has 2 aromatic rings. The Morgan fingerprint density at radius 2 is 1.64 bits per heavy atom. The van der Waals surface area contributed by atoms with Crippen molar-refractivity contribution in [2.75, 3.05) is 51.3 Å². The number of hydrogen-bond acceptors (Lipinski definition) is 6. The smallest absolute Gasteiger partial charge is 0.296 e. The Labute approximate surface area is 191 Å². The predicted octanol–water partition coefficient (Wildman–Crippen LogP) is 1.57. The van der Waals surface area contributed by atoms with Crippen LogP contribution in [0.5, 0.6) is 0 Å². The van der Waals surface area contributed by atoms with Gasteiger partial charge < -0.3 is 19.6 Å². The van der Waals surface area contributed by atoms with E-state index >= 15 is 0 Å². The van der Waals surface area contributed by atoms with Crippen LogP contribution in [0.1, 0.15) is 11.1 Å². The van der Waals surface area contributed by atoms with E-state index in [1.54, 1.807) is 61.6 Å². The Morgan fingerprint density at radius 3 is 2.36 bits per heavy atom. The summed E-state index contributed by atoms with van der Waals surface area (Å²) in [6.07, 6.45) is 0. The minimum Gasteiger partial charge on any atom is -0.507 e. The molecule has 5 rings (SSSR count). The molecule has 8 heteroatoms. The van der Waals surface area contributed by atoms with Crippen molar-refractivity contribution in [1.29, 1.82) is 0 Å². The molecule has 0 aliphatic carbocycles. The molecule has 2 fully saturated rings. The van der Waals surface area contributed by atoms with E-state index in [0.29, 0.717) is 49.7 Å². The molecule has 2 saturated heterocycles. The summed E-state index contributed by atoms with van der Waals surface area (Å²) in [7, 11) is 1.63. The van der Waals surface area contributed by atoms with E-state index in [2.05, 4.69) is 4.90 Å². The zero-order valence-electron chi connectivity index (χ0n) is 18.4. The van der Waals surface area contributed by atoms with Crippen molar-refractivity contribution < 1.29 is 24.2 Å². The summed E-state index contributed by atoms with van der Waals surface area (Å²) in [4.78, 5) is 45.6. The van der Waals surface area contributed by atoms with Crippen molar-refractivity contribution in [1.82, 2.24) is 9.80 Å². The number of ketones is 1. The van der Waals surface area contributed by atoms with Crippen LogP contribution >= 0.6 is 0 Å². The summed E-state index contributed by atoms with van der Waals surface area (Å²) < 4.78 is 5.40. The van der Waals surface area contributed by atoms with Gasteiger partial charge in [0.05, 0.1) is 18.8 Å². The molecule has 1 spiro atoms. The van der Waals surface area contributed by atoms with Crippen molar-refractivity contribution in [3.63, 3.8) is 0 Å². The number of anilines is 1. The first-order valence-corrected chi connectivity index (χ1v) is 11.0. The highest BCUT2D eigenvalue weighted by atomic mass is 16.5. The molecule has 33 heavy (non-hydrogen) atoms. The number of benzene rings is 2. The molecule has 3 aliphatic rings. The summed E-state index contributed by atoms with van der Waals surface area (Å²) in [5.41, 5.74) is -0.368. The fourth-order valence-corrected chi connectivity index (χ4v) is 5.08. The fourth-order valence-electron chi connectivity index (χ4n) is 5.08. The maximum atomic E-state index is 13.9. The second kappa shape index (κ2) is 8.13. The van der Waals surface area contributed by atoms with Crippen molar-refractivity contribution in [2.45, 2.75) is 5.54 Å². The van der Waals surface area contributed by atoms with E-state index in [9.17, 15) is 19.5 Å². The maximum absolute atomic E-state index is 13.9. The van der Waals surface area contributed by atoms with E-state index in [1.807, 2.05) is 0 Å². The van der Waals surface area contributed by atoms with Crippen LogP contribution in [0.2, 0.25) is 0 Å². The third-order valence-corrected chi connectivity index (χ3v) is 6.73. The Bertz CT molecular complexity index is 1160. The van der Waals surface area contributed by atoms with Gasteiger partial charge in [0.25, 0.3) is 17.6 Å². The minimum absolute atomic E-state index is 0.171. The molecular formula is C25H25N3O5. The molecule has 0 bridgehead atoms. The monoisotopic (exact) mass is 447 g/mol. The first-order valence-electron chi connectivity index (χ1n) is 11.0. The number of likely N-dealkylation sites (N-methyl/N-ethyl adjacent to an activating group) is 1. The Morgan fingerprint density at radius 1 is 0.970 bits per heavy atom. The van der Waals surface area contributed by atoms with E-state index in [-0.39, 0.29) is 17.9 Å². The average Bonchev–Trinajstić information content (AvgIpc) is 3.22. The van der Waals surface area contributed by atoms with Gasteiger partial charge >= 0.3 is 0 Å². The highest BCUT2D eigenvalue weighted by Crippen LogP contribution is 2.53. The molecule has 0 radical (unpaired) electrons. The largest absolute Gasteiger partial charge is 0.507 e. The van der Waals surface area contributed by atoms with Gasteiger partial charge in [-0.2, -0.15) is 0 Å². The van der Waals surface area contributed by atoms with Gasteiger partial charge in [0.2, 0.25) is 0 Å². The molecule has 3 aliphatic heterocycles. The molecule has 2 aromatic carbocycles. The predicted molar refractivity (Wildman–Crippen MR) is 121 cm³/mol. The van der Waals surface area contributed by atoms with Crippen LogP contribution in [0.25, 0.3) is 5.76 Å². The van der Waals surface area contributed by atoms with Crippen LogP contribution in [0.3, 0.4) is 0 Å². The lowest BCUT2D eigenvalue weighted by Gasteiger charge is -2.36. The number of ether oxygens (including phenoxy) is 1. The number of likely N-dealkylation sites (tertiary alicyclic amines) is 1. The van der Waals surface area contributed by atoms with Gasteiger partial charge in [-0.25, -0.2) is 0 Å². The number of hydrogen-bond donors (Lipinski definition) is 1. The molecule has 8 nitrogen and oxygen atoms in total. The highest BCUT2D eigenvalue weighted by Gasteiger charge is 2.66. The van der Waals surface area contributed by atoms with Gasteiger partial charge in [0, 0.05) is 50.0 Å². The number of aliphatic hydroxyl groups is 1. The fraction of sp³-hybridized carbons (Fsp3) is 0.320. The molecule has 1 unspecified atom stereocenters. The van der Waals surface area contributed by atoms with E-state index < -0.39 is 23.1 Å². The molecule has 1 N–H and O–H groups in total. The van der Waals surface area contributed by atoms with Gasteiger partial charge in [0.1, 0.15) is 5.76 Å². The molecule has 0 saturated carbocycles. The highest BCUT2D eigenvalue weighted by molar-refractivity contribution is 6.50. The van der Waals surface area contributed by atoms with Crippen LogP contribution in [-0.2, 0) is 24.7 Å². The van der Waals surface area contributed by atoms with Crippen LogP contribution in [0, 0.1) is 0 Å². The molecule has 0 aromatic heterocycles. The number of para-hydroxylation sites is 1. The molecule has 2 amide bonds. The number of carbonyl (C=O) groups is 3. The lowest BCUT2D eigenvalue weighted by atomic mass is 9.82. The average molecular weight is 447 g/mol. The normalized spacial score (nSPS) is 24.7. The van der Waals surface area contributed by atoms with Crippen LogP contribution in [-0.4, -0.2) is 78.9 Å². The zero-order valence-corrected chi connectivity index (χ0v) is 18.4. The Hall–Kier alpha value is -3.49. The first-order chi connectivity index (χ1) is 16.0. The minimum atomic E-state index is -1.70. The van der Waals surface area contributed by atoms with Crippen molar-refractivity contribution in [2.24, 2.45) is 0 Å². The van der Waals surface area contributed by atoms with Crippen LogP contribution < -0.4 is 4.90 Å². The van der Waals surface area contributed by atoms with Crippen molar-refractivity contribution in [3.05, 3.63) is 71.3 Å². The third-order valence-electron chi connectivity index (χ3n) is 6.73. The summed E-state index contributed by atoms with van der Waals surface area (Å²) in [5, 5.41) is 11.3. The van der Waals surface area contributed by atoms with E-state index in [1.165, 1.54) is 9.80 Å². The van der Waals surface area contributed by atoms with Crippen molar-refractivity contribution >= 4 is 29.0 Å². The van der Waals surface area contributed by atoms with Gasteiger partial charge in [-0.1, -0.05) is 48.5 Å². The van der Waals surface area contributed by atoms with Crippen LogP contribution in [0.15, 0.2) is 60.2 Å². The number of nitrogens with zero attached hydrogens (tertiary/aromatic N) is 3. The lowest BCUT2D eigenvalue weighted by Crippen LogP contribution is -2.53. The topological polar surface area (TPSA) is 90.4 Å². The number of Topliss-reactive ketones (excluding diaryl/α,β-unsaturated/α-hetero) is 1. The number of aliphatic hydroxyl groups excluding tert-OH is 1. The van der Waals surface area contributed by atoms with Crippen LogP contribution in [0.4, 0.5) is 5.69 Å². The molecule has 1 atom stereocenters. The van der Waals surface area contributed by atoms with Gasteiger partial charge in [-0.15, -0.1) is 0 Å². The summed E-state index contributed by atoms with van der Waals surface area (Å²) in [5.74, 6) is -2.40. The third kappa shape index (κ3) is 3.09. The number of carbonyl (C=O) groups excluding carboxylic acids is 3.